The van der Waals surface area contributed by atoms with E-state index in [4.69, 9.17) is 4.74 Å². The topological polar surface area (TPSA) is 30.1 Å². The number of nitrogens with one attached hydrogen (secondary N) is 1. The average molecular weight is 790 g/mol. The van der Waals surface area contributed by atoms with Crippen molar-refractivity contribution < 1.29 is 9.30 Å². The summed E-state index contributed by atoms with van der Waals surface area (Å²) in [4.78, 5) is 0. The Morgan fingerprint density at radius 3 is 2.59 bits per heavy atom. The van der Waals surface area contributed by atoms with Crippen molar-refractivity contribution in [3.63, 3.8) is 0 Å². The summed E-state index contributed by atoms with van der Waals surface area (Å²) in [5, 5.41) is 4.33. The van der Waals surface area contributed by atoms with Crippen molar-refractivity contribution in [1.82, 2.24) is 9.88 Å². The van der Waals surface area contributed by atoms with Crippen molar-refractivity contribution in [3.8, 4) is 5.69 Å². The van der Waals surface area contributed by atoms with Crippen LogP contribution in [0.1, 0.15) is 134 Å². The van der Waals surface area contributed by atoms with E-state index in [0.717, 1.165) is 31.2 Å². The molecule has 5 heteroatoms. The lowest BCUT2D eigenvalue weighted by molar-refractivity contribution is -0.722. The minimum atomic E-state index is -0.393. The van der Waals surface area contributed by atoms with Gasteiger partial charge in [-0.3, -0.25) is 0 Å². The molecule has 1 saturated heterocycles. The van der Waals surface area contributed by atoms with Gasteiger partial charge in [0.05, 0.1) is 18.2 Å². The molecule has 4 nitrogen and oxygen atoms in total. The van der Waals surface area contributed by atoms with Crippen LogP contribution in [-0.4, -0.2) is 37.7 Å². The molecule has 11 rings (SSSR count). The number of aromatic nitrogens is 2. The predicted octanol–water partition coefficient (Wildman–Crippen LogP) is 11.5. The summed E-state index contributed by atoms with van der Waals surface area (Å²) in [6.45, 7) is 19.6. The number of hydrogen-bond acceptors (Lipinski definition) is 2. The highest BCUT2D eigenvalue weighted by molar-refractivity contribution is 6.58. The highest BCUT2D eigenvalue weighted by atomic mass is 28.3. The number of fused-ring (bicyclic) bond motifs is 9. The second-order valence-corrected chi connectivity index (χ2v) is 24.3. The lowest BCUT2D eigenvalue weighted by Crippen LogP contribution is -2.46. The molecule has 0 spiro atoms. The number of imidazole rings is 1. The average Bonchev–Trinajstić information content (AvgIpc) is 3.46. The zero-order valence-electron chi connectivity index (χ0n) is 36.6. The maximum atomic E-state index is 7.20. The summed E-state index contributed by atoms with van der Waals surface area (Å²) in [6.07, 6.45) is 33.4. The first kappa shape index (κ1) is 37.7. The van der Waals surface area contributed by atoms with Crippen molar-refractivity contribution in [2.75, 3.05) is 0 Å². The Kier molecular flexibility index (Phi) is 8.86. The van der Waals surface area contributed by atoms with E-state index in [2.05, 4.69) is 136 Å². The van der Waals surface area contributed by atoms with Gasteiger partial charge in [0.2, 0.25) is 0 Å². The van der Waals surface area contributed by atoms with E-state index in [1.807, 2.05) is 0 Å². The molecule has 0 amide bonds. The summed E-state index contributed by atoms with van der Waals surface area (Å²) in [5.41, 5.74) is 17.9. The lowest BCUT2D eigenvalue weighted by Gasteiger charge is -2.33. The zero-order chi connectivity index (χ0) is 39.8. The van der Waals surface area contributed by atoms with Gasteiger partial charge in [-0.25, -0.2) is 4.57 Å². The van der Waals surface area contributed by atoms with Gasteiger partial charge >= 0.3 is 0 Å². The fourth-order valence-electron chi connectivity index (χ4n) is 13.7. The van der Waals surface area contributed by atoms with Crippen LogP contribution < -0.4 is 9.88 Å². The molecular formula is C53H67N3OSi+. The maximum Gasteiger partial charge on any atom is 0.291 e. The molecule has 1 aromatic heterocycles. The summed E-state index contributed by atoms with van der Waals surface area (Å²) in [6, 6.07) is 8.69. The Morgan fingerprint density at radius 2 is 1.81 bits per heavy atom. The number of benzene rings is 1. The third-order valence-electron chi connectivity index (χ3n) is 16.5. The lowest BCUT2D eigenvalue weighted by atomic mass is 9.71. The minimum absolute atomic E-state index is 0.00364. The molecule has 10 atom stereocenters. The van der Waals surface area contributed by atoms with E-state index >= 15 is 0 Å². The van der Waals surface area contributed by atoms with Crippen molar-refractivity contribution in [2.45, 2.75) is 167 Å². The van der Waals surface area contributed by atoms with Gasteiger partial charge in [0.1, 0.15) is 17.4 Å². The van der Waals surface area contributed by atoms with E-state index < -0.39 is 8.80 Å². The maximum absolute atomic E-state index is 7.20. The Balaban J connectivity index is 1.11. The third kappa shape index (κ3) is 5.60. The van der Waals surface area contributed by atoms with E-state index in [9.17, 15) is 0 Å². The Bertz CT molecular complexity index is 2300. The van der Waals surface area contributed by atoms with Gasteiger partial charge in [-0.2, -0.15) is 4.57 Å². The molecule has 58 heavy (non-hydrogen) atoms. The molecule has 2 aromatic rings. The summed E-state index contributed by atoms with van der Waals surface area (Å²) < 4.78 is 13.1. The van der Waals surface area contributed by atoms with Gasteiger partial charge in [-0.1, -0.05) is 107 Å². The molecule has 0 bridgehead atoms. The van der Waals surface area contributed by atoms with E-state index in [0.29, 0.717) is 42.0 Å². The number of hydrogen-bond donors (Lipinski definition) is 1. The van der Waals surface area contributed by atoms with E-state index in [-0.39, 0.29) is 16.9 Å². The molecule has 6 aliphatic carbocycles. The molecule has 1 radical (unpaired) electrons. The molecular weight excluding hydrogens is 723 g/mol. The number of nitrogens with zero attached hydrogens (tertiary/aromatic N) is 2. The number of ether oxygens (including phenoxy) is 1. The van der Waals surface area contributed by atoms with Crippen molar-refractivity contribution >= 4 is 19.9 Å². The van der Waals surface area contributed by atoms with Gasteiger partial charge in [0.25, 0.3) is 5.82 Å². The first-order valence-electron chi connectivity index (χ1n) is 23.3. The quantitative estimate of drug-likeness (QED) is 0.186. The van der Waals surface area contributed by atoms with Crippen LogP contribution in [0.4, 0.5) is 0 Å². The van der Waals surface area contributed by atoms with Gasteiger partial charge in [-0.15, -0.1) is 0 Å². The largest absolute Gasteiger partial charge is 0.370 e. The molecule has 4 heterocycles. The molecule has 1 aromatic carbocycles. The van der Waals surface area contributed by atoms with Crippen LogP contribution in [0, 0.1) is 23.2 Å². The van der Waals surface area contributed by atoms with Crippen molar-refractivity contribution in [1.29, 1.82) is 0 Å². The van der Waals surface area contributed by atoms with Gasteiger partial charge in [0.15, 0.2) is 5.69 Å². The zero-order valence-corrected chi connectivity index (χ0v) is 37.6. The molecule has 2 fully saturated rings. The fraction of sp³-hybridized carbons (Fsp3) is 0.566. The predicted molar refractivity (Wildman–Crippen MR) is 241 cm³/mol. The van der Waals surface area contributed by atoms with Gasteiger partial charge in [0, 0.05) is 50.1 Å². The standard InChI is InChI=1S/C53H67N3OSi/c1-31(2)26-42-35-18-12-13-19-40(35)53(6)48(50(53)54-42)49-38-30-47-37(36-28-34(58(7)8)23-25-46(36)57-47)29-39(38)51-55(44-20-14-15-21-45(44)56(49)51)43-24-22-33(27-41(43)52(3,4)5)32-16-10-9-11-17-32/h10,12,16-18,22-27,34,36-37,42,46-50,54H,9,11,13-15,19-21,28-30H2,1-8H3/q+1. The monoisotopic (exact) mass is 790 g/mol. The molecule has 3 aliphatic heterocycles. The smallest absolute Gasteiger partial charge is 0.291 e. The Morgan fingerprint density at radius 1 is 0.983 bits per heavy atom. The van der Waals surface area contributed by atoms with Crippen LogP contribution in [0.15, 0.2) is 89.1 Å². The first-order chi connectivity index (χ1) is 27.9. The van der Waals surface area contributed by atoms with E-state index in [1.54, 1.807) is 39.5 Å². The molecule has 1 N–H and O–H groups in total. The Hall–Kier alpha value is -3.25. The van der Waals surface area contributed by atoms with Crippen LogP contribution in [0.2, 0.25) is 18.6 Å². The van der Waals surface area contributed by atoms with Crippen LogP contribution in [0.3, 0.4) is 0 Å². The van der Waals surface area contributed by atoms with Gasteiger partial charge in [-0.05, 0) is 129 Å². The van der Waals surface area contributed by atoms with Crippen LogP contribution in [0.5, 0.6) is 0 Å². The Labute approximate surface area is 350 Å². The summed E-state index contributed by atoms with van der Waals surface area (Å²) >= 11 is 0. The van der Waals surface area contributed by atoms with Gasteiger partial charge < -0.3 is 10.1 Å². The third-order valence-corrected chi connectivity index (χ3v) is 18.4. The molecule has 9 aliphatic rings. The molecule has 1 saturated carbocycles. The number of rotatable bonds is 5. The fourth-order valence-corrected chi connectivity index (χ4v) is 14.9. The second kappa shape index (κ2) is 13.6. The first-order valence-corrected chi connectivity index (χ1v) is 25.9. The summed E-state index contributed by atoms with van der Waals surface area (Å²) in [7, 11) is -0.393. The second-order valence-electron chi connectivity index (χ2n) is 21.4. The van der Waals surface area contributed by atoms with Crippen molar-refractivity contribution in [3.05, 3.63) is 117 Å². The minimum Gasteiger partial charge on any atom is -0.370 e. The van der Waals surface area contributed by atoms with Crippen LogP contribution in [0.25, 0.3) is 16.8 Å². The highest BCUT2D eigenvalue weighted by Crippen LogP contribution is 2.69. The van der Waals surface area contributed by atoms with Crippen molar-refractivity contribution in [2.24, 2.45) is 23.2 Å². The highest BCUT2D eigenvalue weighted by Gasteiger charge is 2.72. The summed E-state index contributed by atoms with van der Waals surface area (Å²) in [5.74, 6) is 3.31. The van der Waals surface area contributed by atoms with Crippen LogP contribution in [-0.2, 0) is 23.0 Å². The SMILES string of the molecule is CC(C)=CC1NC2C(C3C4=C(CC5C(C4)OC4C=CC([Si](C)C)CC45)c4n(-c5ccc(C6=CCCC=C6)cc5C(C)(C)C)c5c([n+]43)CCCC5)C2(C)C2=C1C=CCC2. The molecule has 10 unspecified atom stereocenters. The molecule has 303 valence electrons. The number of allylic oxidation sites excluding steroid dienone is 8. The van der Waals surface area contributed by atoms with E-state index in [1.165, 1.54) is 72.9 Å². The normalized spacial score (nSPS) is 35.5. The van der Waals surface area contributed by atoms with Crippen LogP contribution >= 0.6 is 0 Å².